The third-order valence-electron chi connectivity index (χ3n) is 4.23. The molecule has 134 valence electrons. The molecule has 5 heteroatoms. The van der Waals surface area contributed by atoms with E-state index in [1.54, 1.807) is 24.3 Å². The van der Waals surface area contributed by atoms with Gasteiger partial charge in [0.25, 0.3) is 0 Å². The van der Waals surface area contributed by atoms with Crippen molar-refractivity contribution in [1.29, 1.82) is 0 Å². The minimum Gasteiger partial charge on any atom is -0.435 e. The number of sulfone groups is 1. The van der Waals surface area contributed by atoms with E-state index in [2.05, 4.69) is 4.98 Å². The van der Waals surface area contributed by atoms with Crippen molar-refractivity contribution in [3.05, 3.63) is 84.9 Å². The Labute approximate surface area is 158 Å². The molecule has 0 unspecified atom stereocenters. The first kappa shape index (κ1) is 17.2. The third kappa shape index (κ3) is 3.41. The molecule has 1 heterocycles. The average molecular weight is 375 g/mol. The minimum absolute atomic E-state index is 0.220. The molecule has 0 aliphatic carbocycles. The van der Waals surface area contributed by atoms with E-state index in [9.17, 15) is 8.42 Å². The van der Waals surface area contributed by atoms with E-state index in [4.69, 9.17) is 4.42 Å². The number of benzene rings is 3. The Hall–Kier alpha value is -3.18. The Morgan fingerprint density at radius 1 is 0.741 bits per heavy atom. The van der Waals surface area contributed by atoms with Crippen LogP contribution in [0.4, 0.5) is 0 Å². The maximum absolute atomic E-state index is 12.3. The van der Waals surface area contributed by atoms with Crippen molar-refractivity contribution in [2.45, 2.75) is 4.90 Å². The van der Waals surface area contributed by atoms with E-state index in [0.717, 1.165) is 11.1 Å². The zero-order chi connectivity index (χ0) is 18.9. The molecule has 0 aliphatic heterocycles. The summed E-state index contributed by atoms with van der Waals surface area (Å²) in [7, 11) is -3.42. The summed E-state index contributed by atoms with van der Waals surface area (Å²) >= 11 is 0. The van der Waals surface area contributed by atoms with Crippen LogP contribution < -0.4 is 0 Å². The summed E-state index contributed by atoms with van der Waals surface area (Å²) in [5, 5.41) is 0. The topological polar surface area (TPSA) is 60.2 Å². The highest BCUT2D eigenvalue weighted by molar-refractivity contribution is 7.90. The van der Waals surface area contributed by atoms with Crippen molar-refractivity contribution >= 4 is 9.84 Å². The summed E-state index contributed by atoms with van der Waals surface area (Å²) in [6, 6.07) is 26.0. The molecule has 1 aromatic heterocycles. The molecule has 0 atom stereocenters. The van der Waals surface area contributed by atoms with Crippen molar-refractivity contribution in [3.8, 4) is 34.0 Å². The summed E-state index contributed by atoms with van der Waals surface area (Å²) in [6.07, 6.45) is 1.20. The Kier molecular flexibility index (Phi) is 4.38. The molecule has 0 radical (unpaired) electrons. The maximum atomic E-state index is 12.3. The second kappa shape index (κ2) is 6.85. The van der Waals surface area contributed by atoms with Crippen molar-refractivity contribution in [2.75, 3.05) is 6.26 Å². The van der Waals surface area contributed by atoms with Gasteiger partial charge in [-0.1, -0.05) is 60.7 Å². The van der Waals surface area contributed by atoms with Gasteiger partial charge in [-0.3, -0.25) is 0 Å². The Morgan fingerprint density at radius 3 is 1.93 bits per heavy atom. The predicted octanol–water partition coefficient (Wildman–Crippen LogP) is 5.08. The zero-order valence-electron chi connectivity index (χ0n) is 14.7. The summed E-state index contributed by atoms with van der Waals surface area (Å²) < 4.78 is 30.7. The Balaban J connectivity index is 2.00. The summed E-state index contributed by atoms with van der Waals surface area (Å²) in [5.74, 6) is 0.897. The lowest BCUT2D eigenvalue weighted by atomic mass is 10.1. The van der Waals surface area contributed by atoms with Crippen LogP contribution in [0.5, 0.6) is 0 Å². The largest absolute Gasteiger partial charge is 0.435 e. The molecule has 4 rings (SSSR count). The summed E-state index contributed by atoms with van der Waals surface area (Å²) in [6.45, 7) is 0. The van der Waals surface area contributed by atoms with Crippen LogP contribution in [-0.2, 0) is 9.84 Å². The lowest BCUT2D eigenvalue weighted by Gasteiger charge is -2.07. The van der Waals surface area contributed by atoms with Crippen LogP contribution in [0.2, 0.25) is 0 Å². The van der Waals surface area contributed by atoms with Crippen LogP contribution in [0.3, 0.4) is 0 Å². The SMILES string of the molecule is CS(=O)(=O)c1ccccc1-c1oc(-c2ccccc2)nc1-c1ccccc1. The highest BCUT2D eigenvalue weighted by Crippen LogP contribution is 2.38. The fourth-order valence-electron chi connectivity index (χ4n) is 2.98. The molecular formula is C22H17NO3S. The minimum atomic E-state index is -3.42. The van der Waals surface area contributed by atoms with Crippen molar-refractivity contribution in [1.82, 2.24) is 4.98 Å². The first-order chi connectivity index (χ1) is 13.0. The zero-order valence-corrected chi connectivity index (χ0v) is 15.5. The molecule has 0 aliphatic rings. The van der Waals surface area contributed by atoms with Gasteiger partial charge in [-0.05, 0) is 24.3 Å². The highest BCUT2D eigenvalue weighted by Gasteiger charge is 2.23. The van der Waals surface area contributed by atoms with Gasteiger partial charge in [-0.25, -0.2) is 13.4 Å². The monoisotopic (exact) mass is 375 g/mol. The van der Waals surface area contributed by atoms with E-state index in [1.807, 2.05) is 60.7 Å². The van der Waals surface area contributed by atoms with Gasteiger partial charge in [-0.2, -0.15) is 0 Å². The van der Waals surface area contributed by atoms with Gasteiger partial charge < -0.3 is 4.42 Å². The first-order valence-corrected chi connectivity index (χ1v) is 10.3. The fraction of sp³-hybridized carbons (Fsp3) is 0.0455. The normalized spacial score (nSPS) is 11.4. The number of aromatic nitrogens is 1. The van der Waals surface area contributed by atoms with Gasteiger partial charge >= 0.3 is 0 Å². The molecule has 0 fully saturated rings. The van der Waals surface area contributed by atoms with Gasteiger partial charge in [0, 0.05) is 22.9 Å². The predicted molar refractivity (Wildman–Crippen MR) is 106 cm³/mol. The van der Waals surface area contributed by atoms with E-state index in [0.29, 0.717) is 22.9 Å². The number of hydrogen-bond acceptors (Lipinski definition) is 4. The van der Waals surface area contributed by atoms with Gasteiger partial charge in [0.2, 0.25) is 5.89 Å². The molecule has 0 saturated carbocycles. The van der Waals surface area contributed by atoms with Gasteiger partial charge in [0.05, 0.1) is 4.90 Å². The number of nitrogens with zero attached hydrogens (tertiary/aromatic N) is 1. The molecule has 0 N–H and O–H groups in total. The fourth-order valence-corrected chi connectivity index (χ4v) is 3.86. The van der Waals surface area contributed by atoms with E-state index >= 15 is 0 Å². The second-order valence-corrected chi connectivity index (χ2v) is 8.18. The van der Waals surface area contributed by atoms with E-state index < -0.39 is 9.84 Å². The summed E-state index contributed by atoms with van der Waals surface area (Å²) in [4.78, 5) is 4.91. The Bertz CT molecular complexity index is 1180. The van der Waals surface area contributed by atoms with Crippen LogP contribution in [0.25, 0.3) is 34.0 Å². The molecule has 27 heavy (non-hydrogen) atoms. The number of hydrogen-bond donors (Lipinski definition) is 0. The van der Waals surface area contributed by atoms with Crippen molar-refractivity contribution in [2.24, 2.45) is 0 Å². The highest BCUT2D eigenvalue weighted by atomic mass is 32.2. The van der Waals surface area contributed by atoms with Crippen molar-refractivity contribution < 1.29 is 12.8 Å². The van der Waals surface area contributed by atoms with E-state index in [1.165, 1.54) is 6.26 Å². The van der Waals surface area contributed by atoms with Crippen LogP contribution >= 0.6 is 0 Å². The van der Waals surface area contributed by atoms with Crippen LogP contribution in [-0.4, -0.2) is 19.7 Å². The second-order valence-electron chi connectivity index (χ2n) is 6.20. The van der Waals surface area contributed by atoms with Gasteiger partial charge in [-0.15, -0.1) is 0 Å². The third-order valence-corrected chi connectivity index (χ3v) is 5.38. The van der Waals surface area contributed by atoms with Gasteiger partial charge in [0.15, 0.2) is 15.6 Å². The molecular weight excluding hydrogens is 358 g/mol. The molecule has 0 amide bonds. The maximum Gasteiger partial charge on any atom is 0.227 e. The van der Waals surface area contributed by atoms with E-state index in [-0.39, 0.29) is 4.90 Å². The number of oxazole rings is 1. The quantitative estimate of drug-likeness (QED) is 0.499. The lowest BCUT2D eigenvalue weighted by molar-refractivity contribution is 0.584. The summed E-state index contributed by atoms with van der Waals surface area (Å²) in [5.41, 5.74) is 2.82. The smallest absolute Gasteiger partial charge is 0.227 e. The molecule has 4 nitrogen and oxygen atoms in total. The molecule has 4 aromatic rings. The standard InChI is InChI=1S/C22H17NO3S/c1-27(24,25)19-15-9-8-14-18(19)21-20(16-10-4-2-5-11-16)23-22(26-21)17-12-6-3-7-13-17/h2-15H,1H3. The van der Waals surface area contributed by atoms with Crippen LogP contribution in [0, 0.1) is 0 Å². The number of rotatable bonds is 4. The van der Waals surface area contributed by atoms with Crippen LogP contribution in [0.1, 0.15) is 0 Å². The lowest BCUT2D eigenvalue weighted by Crippen LogP contribution is -1.99. The molecule has 3 aromatic carbocycles. The van der Waals surface area contributed by atoms with Gasteiger partial charge in [0.1, 0.15) is 5.69 Å². The molecule has 0 spiro atoms. The molecule has 0 bridgehead atoms. The van der Waals surface area contributed by atoms with Crippen LogP contribution in [0.15, 0.2) is 94.2 Å². The Morgan fingerprint density at radius 2 is 1.30 bits per heavy atom. The van der Waals surface area contributed by atoms with Crippen molar-refractivity contribution in [3.63, 3.8) is 0 Å². The average Bonchev–Trinajstić information content (AvgIpc) is 3.14. The first-order valence-electron chi connectivity index (χ1n) is 8.45. The molecule has 0 saturated heterocycles.